The third-order valence-corrected chi connectivity index (χ3v) is 6.03. The van der Waals surface area contributed by atoms with Crippen LogP contribution in [-0.4, -0.2) is 25.1 Å². The normalized spacial score (nSPS) is 20.3. The molecule has 0 radical (unpaired) electrons. The van der Waals surface area contributed by atoms with Crippen LogP contribution < -0.4 is 0 Å². The van der Waals surface area contributed by atoms with Crippen LogP contribution >= 0.6 is 23.5 Å². The predicted molar refractivity (Wildman–Crippen MR) is 69.4 cm³/mol. The fourth-order valence-corrected chi connectivity index (χ4v) is 4.86. The molecule has 1 saturated heterocycles. The van der Waals surface area contributed by atoms with Gasteiger partial charge in [-0.25, -0.2) is 4.98 Å². The van der Waals surface area contributed by atoms with E-state index in [-0.39, 0.29) is 0 Å². The summed E-state index contributed by atoms with van der Waals surface area (Å²) in [5, 5.41) is 0. The van der Waals surface area contributed by atoms with Crippen molar-refractivity contribution in [1.82, 2.24) is 9.55 Å². The topological polar surface area (TPSA) is 17.8 Å². The number of thioether (sulfide) groups is 2. The molecule has 0 spiro atoms. The minimum Gasteiger partial charge on any atom is -0.337 e. The van der Waals surface area contributed by atoms with Crippen molar-refractivity contribution in [3.63, 3.8) is 0 Å². The molecule has 0 aliphatic carbocycles. The maximum Gasteiger partial charge on any atom is 0.0945 e. The smallest absolute Gasteiger partial charge is 0.0945 e. The molecular formula is C11H18N2S2. The number of rotatable bonds is 4. The first kappa shape index (κ1) is 11.4. The maximum absolute atomic E-state index is 4.06. The molecule has 4 heteroatoms. The molecule has 0 amide bonds. The van der Waals surface area contributed by atoms with E-state index >= 15 is 0 Å². The zero-order chi connectivity index (χ0) is 10.6. The average Bonchev–Trinajstić information content (AvgIpc) is 2.71. The summed E-state index contributed by atoms with van der Waals surface area (Å²) in [4.78, 5) is 4.06. The van der Waals surface area contributed by atoms with Gasteiger partial charge in [0.15, 0.2) is 0 Å². The minimum absolute atomic E-state index is 0.471. The summed E-state index contributed by atoms with van der Waals surface area (Å²) in [7, 11) is 0. The fourth-order valence-electron chi connectivity index (χ4n) is 1.82. The first-order chi connectivity index (χ1) is 7.29. The Labute approximate surface area is 100 Å². The van der Waals surface area contributed by atoms with Gasteiger partial charge in [0, 0.05) is 18.9 Å². The van der Waals surface area contributed by atoms with Gasteiger partial charge in [0.1, 0.15) is 0 Å². The van der Waals surface area contributed by atoms with Crippen LogP contribution in [0.1, 0.15) is 26.2 Å². The zero-order valence-corrected chi connectivity index (χ0v) is 10.8. The van der Waals surface area contributed by atoms with E-state index in [1.165, 1.54) is 30.8 Å². The summed E-state index contributed by atoms with van der Waals surface area (Å²) < 4.78 is 2.64. The van der Waals surface area contributed by atoms with E-state index in [1.807, 2.05) is 18.7 Å². The van der Waals surface area contributed by atoms with Gasteiger partial charge in [-0.15, -0.1) is 23.5 Å². The summed E-state index contributed by atoms with van der Waals surface area (Å²) in [6.45, 7) is 3.51. The van der Waals surface area contributed by atoms with Gasteiger partial charge in [-0.1, -0.05) is 0 Å². The van der Waals surface area contributed by atoms with Crippen molar-refractivity contribution < 1.29 is 0 Å². The maximum atomic E-state index is 4.06. The Morgan fingerprint density at radius 3 is 2.87 bits per heavy atom. The molecule has 2 heterocycles. The first-order valence-corrected chi connectivity index (χ1v) is 7.49. The monoisotopic (exact) mass is 242 g/mol. The third kappa shape index (κ3) is 3.45. The highest BCUT2D eigenvalue weighted by Gasteiger charge is 2.27. The second-order valence-corrected chi connectivity index (χ2v) is 7.54. The quantitative estimate of drug-likeness (QED) is 0.807. The molecule has 0 unspecified atom stereocenters. The molecule has 1 aliphatic rings. The number of nitrogens with zero attached hydrogens (tertiary/aromatic N) is 2. The molecule has 1 fully saturated rings. The lowest BCUT2D eigenvalue weighted by Gasteiger charge is -2.32. The highest BCUT2D eigenvalue weighted by molar-refractivity contribution is 8.18. The van der Waals surface area contributed by atoms with E-state index in [9.17, 15) is 0 Å². The zero-order valence-electron chi connectivity index (χ0n) is 9.19. The third-order valence-electron chi connectivity index (χ3n) is 2.71. The van der Waals surface area contributed by atoms with E-state index in [4.69, 9.17) is 0 Å². The van der Waals surface area contributed by atoms with Crippen LogP contribution in [0.4, 0.5) is 0 Å². The molecule has 2 nitrogen and oxygen atoms in total. The second kappa shape index (κ2) is 5.30. The standard InChI is InChI=1S/C11H18N2S2/c1-11(14-8-3-9-15-11)4-2-6-13-7-5-12-10-13/h5,7,10H,2-4,6,8-9H2,1H3. The van der Waals surface area contributed by atoms with Crippen molar-refractivity contribution in [2.75, 3.05) is 11.5 Å². The molecule has 0 aromatic carbocycles. The van der Waals surface area contributed by atoms with Gasteiger partial charge in [-0.05, 0) is 37.7 Å². The minimum atomic E-state index is 0.471. The Morgan fingerprint density at radius 2 is 2.20 bits per heavy atom. The Kier molecular flexibility index (Phi) is 4.03. The predicted octanol–water partition coefficient (Wildman–Crippen LogP) is 3.25. The second-order valence-electron chi connectivity index (χ2n) is 4.09. The lowest BCUT2D eigenvalue weighted by atomic mass is 10.2. The van der Waals surface area contributed by atoms with Crippen molar-refractivity contribution in [1.29, 1.82) is 0 Å². The summed E-state index contributed by atoms with van der Waals surface area (Å²) in [6, 6.07) is 0. The van der Waals surface area contributed by atoms with Crippen LogP contribution in [0.2, 0.25) is 0 Å². The number of hydrogen-bond donors (Lipinski definition) is 0. The lowest BCUT2D eigenvalue weighted by Crippen LogP contribution is -2.21. The SMILES string of the molecule is CC1(CCCn2ccnc2)SCCCS1. The van der Waals surface area contributed by atoms with Crippen molar-refractivity contribution in [2.24, 2.45) is 0 Å². The molecule has 0 saturated carbocycles. The number of imidazole rings is 1. The lowest BCUT2D eigenvalue weighted by molar-refractivity contribution is 0.593. The molecule has 84 valence electrons. The molecule has 15 heavy (non-hydrogen) atoms. The van der Waals surface area contributed by atoms with Crippen LogP contribution in [0.5, 0.6) is 0 Å². The Balaban J connectivity index is 1.72. The van der Waals surface area contributed by atoms with Crippen molar-refractivity contribution in [3.05, 3.63) is 18.7 Å². The fraction of sp³-hybridized carbons (Fsp3) is 0.727. The van der Waals surface area contributed by atoms with Crippen LogP contribution in [0.3, 0.4) is 0 Å². The van der Waals surface area contributed by atoms with Gasteiger partial charge in [0.2, 0.25) is 0 Å². The van der Waals surface area contributed by atoms with E-state index in [0.29, 0.717) is 4.08 Å². The highest BCUT2D eigenvalue weighted by Crippen LogP contribution is 2.44. The Bertz CT molecular complexity index is 279. The number of aromatic nitrogens is 2. The first-order valence-electron chi connectivity index (χ1n) is 5.52. The van der Waals surface area contributed by atoms with Crippen LogP contribution in [0.15, 0.2) is 18.7 Å². The Morgan fingerprint density at radius 1 is 1.40 bits per heavy atom. The molecule has 2 rings (SSSR count). The molecule has 1 aliphatic heterocycles. The van der Waals surface area contributed by atoms with E-state index in [2.05, 4.69) is 40.0 Å². The van der Waals surface area contributed by atoms with Crippen molar-refractivity contribution >= 4 is 23.5 Å². The van der Waals surface area contributed by atoms with Gasteiger partial charge < -0.3 is 4.57 Å². The summed E-state index contributed by atoms with van der Waals surface area (Å²) in [5.74, 6) is 2.68. The van der Waals surface area contributed by atoms with Crippen molar-refractivity contribution in [3.8, 4) is 0 Å². The van der Waals surface area contributed by atoms with Crippen LogP contribution in [0, 0.1) is 0 Å². The van der Waals surface area contributed by atoms with Gasteiger partial charge in [0.25, 0.3) is 0 Å². The van der Waals surface area contributed by atoms with Gasteiger partial charge in [0.05, 0.1) is 10.4 Å². The van der Waals surface area contributed by atoms with Crippen LogP contribution in [-0.2, 0) is 6.54 Å². The van der Waals surface area contributed by atoms with Crippen LogP contribution in [0.25, 0.3) is 0 Å². The summed E-state index contributed by atoms with van der Waals surface area (Å²) in [5.41, 5.74) is 0. The number of hydrogen-bond acceptors (Lipinski definition) is 3. The van der Waals surface area contributed by atoms with Gasteiger partial charge in [-0.2, -0.15) is 0 Å². The Hall–Kier alpha value is -0.0900. The van der Waals surface area contributed by atoms with E-state index < -0.39 is 0 Å². The average molecular weight is 242 g/mol. The molecule has 1 aromatic heterocycles. The van der Waals surface area contributed by atoms with Crippen molar-refractivity contribution in [2.45, 2.75) is 36.8 Å². The van der Waals surface area contributed by atoms with E-state index in [1.54, 1.807) is 0 Å². The van der Waals surface area contributed by atoms with Gasteiger partial charge in [-0.3, -0.25) is 0 Å². The van der Waals surface area contributed by atoms with Gasteiger partial charge >= 0.3 is 0 Å². The highest BCUT2D eigenvalue weighted by atomic mass is 32.2. The molecule has 0 N–H and O–H groups in total. The van der Waals surface area contributed by atoms with E-state index in [0.717, 1.165) is 6.54 Å². The largest absolute Gasteiger partial charge is 0.337 e. The molecule has 1 aromatic rings. The molecular weight excluding hydrogens is 224 g/mol. The summed E-state index contributed by atoms with van der Waals surface area (Å²) in [6.07, 6.45) is 9.75. The summed E-state index contributed by atoms with van der Waals surface area (Å²) >= 11 is 4.28. The molecule has 0 atom stereocenters. The molecule has 0 bridgehead atoms. The number of aryl methyl sites for hydroxylation is 1.